The molecule has 1 N–H and O–H groups in total. The Balaban J connectivity index is 1.58. The minimum atomic E-state index is 0.815. The van der Waals surface area contributed by atoms with Crippen molar-refractivity contribution in [1.82, 2.24) is 20.0 Å². The average Bonchev–Trinajstić information content (AvgIpc) is 3.11. The van der Waals surface area contributed by atoms with Crippen molar-refractivity contribution in [2.75, 3.05) is 20.2 Å². The molecule has 5 nitrogen and oxygen atoms in total. The van der Waals surface area contributed by atoms with Crippen molar-refractivity contribution < 1.29 is 4.74 Å². The van der Waals surface area contributed by atoms with Crippen LogP contribution in [0.25, 0.3) is 5.69 Å². The molecule has 0 aliphatic carbocycles. The Morgan fingerprint density at radius 3 is 2.57 bits per heavy atom. The van der Waals surface area contributed by atoms with Gasteiger partial charge < -0.3 is 10.1 Å². The van der Waals surface area contributed by atoms with E-state index in [1.54, 1.807) is 7.11 Å². The van der Waals surface area contributed by atoms with Crippen LogP contribution < -0.4 is 10.1 Å². The van der Waals surface area contributed by atoms with Crippen LogP contribution in [0.15, 0.2) is 54.6 Å². The van der Waals surface area contributed by atoms with Gasteiger partial charge in [-0.25, -0.2) is 4.68 Å². The predicted molar refractivity (Wildman–Crippen MR) is 112 cm³/mol. The summed E-state index contributed by atoms with van der Waals surface area (Å²) < 4.78 is 7.42. The van der Waals surface area contributed by atoms with Crippen molar-refractivity contribution in [2.24, 2.45) is 0 Å². The molecule has 0 unspecified atom stereocenters. The van der Waals surface area contributed by atoms with E-state index in [9.17, 15) is 0 Å². The maximum atomic E-state index is 5.27. The summed E-state index contributed by atoms with van der Waals surface area (Å²) in [5, 5.41) is 8.42. The van der Waals surface area contributed by atoms with E-state index in [2.05, 4.69) is 64.3 Å². The van der Waals surface area contributed by atoms with E-state index >= 15 is 0 Å². The maximum absolute atomic E-state index is 5.27. The molecule has 5 heteroatoms. The number of fused-ring (bicyclic) bond motifs is 1. The quantitative estimate of drug-likeness (QED) is 0.685. The van der Waals surface area contributed by atoms with Crippen LogP contribution in [0.4, 0.5) is 0 Å². The van der Waals surface area contributed by atoms with Gasteiger partial charge in [-0.1, -0.05) is 37.3 Å². The number of ether oxygens (including phenoxy) is 1. The fourth-order valence-corrected chi connectivity index (χ4v) is 3.83. The van der Waals surface area contributed by atoms with Gasteiger partial charge in [0.1, 0.15) is 5.75 Å². The lowest BCUT2D eigenvalue weighted by molar-refractivity contribution is 0.243. The van der Waals surface area contributed by atoms with Gasteiger partial charge in [0.15, 0.2) is 0 Å². The van der Waals surface area contributed by atoms with Gasteiger partial charge >= 0.3 is 0 Å². The van der Waals surface area contributed by atoms with Crippen LogP contribution in [0.1, 0.15) is 29.4 Å². The van der Waals surface area contributed by atoms with Crippen molar-refractivity contribution >= 4 is 0 Å². The first-order valence-corrected chi connectivity index (χ1v) is 9.99. The van der Waals surface area contributed by atoms with Gasteiger partial charge in [-0.15, -0.1) is 0 Å². The van der Waals surface area contributed by atoms with Gasteiger partial charge in [-0.2, -0.15) is 5.10 Å². The molecular weight excluding hydrogens is 348 g/mol. The van der Waals surface area contributed by atoms with E-state index in [1.807, 2.05) is 12.1 Å². The third-order valence-electron chi connectivity index (χ3n) is 5.33. The second-order valence-electron chi connectivity index (χ2n) is 7.21. The number of hydrogen-bond donors (Lipinski definition) is 1. The summed E-state index contributed by atoms with van der Waals surface area (Å²) in [7, 11) is 1.71. The zero-order valence-corrected chi connectivity index (χ0v) is 16.7. The van der Waals surface area contributed by atoms with Crippen molar-refractivity contribution in [3.8, 4) is 11.4 Å². The number of rotatable bonds is 7. The Bertz CT molecular complexity index is 902. The number of hydrogen-bond acceptors (Lipinski definition) is 4. The molecule has 28 heavy (non-hydrogen) atoms. The van der Waals surface area contributed by atoms with E-state index in [1.165, 1.54) is 22.5 Å². The van der Waals surface area contributed by atoms with E-state index in [4.69, 9.17) is 9.84 Å². The Morgan fingerprint density at radius 2 is 1.86 bits per heavy atom. The van der Waals surface area contributed by atoms with Crippen LogP contribution in [0.3, 0.4) is 0 Å². The minimum Gasteiger partial charge on any atom is -0.497 e. The highest BCUT2D eigenvalue weighted by atomic mass is 16.5. The lowest BCUT2D eigenvalue weighted by Gasteiger charge is -2.28. The van der Waals surface area contributed by atoms with Crippen LogP contribution in [0.5, 0.6) is 5.75 Å². The lowest BCUT2D eigenvalue weighted by atomic mass is 10.0. The second-order valence-corrected chi connectivity index (χ2v) is 7.21. The molecule has 0 amide bonds. The summed E-state index contributed by atoms with van der Waals surface area (Å²) in [4.78, 5) is 2.51. The Hall–Kier alpha value is -2.63. The first-order chi connectivity index (χ1) is 13.8. The summed E-state index contributed by atoms with van der Waals surface area (Å²) in [6.45, 7) is 6.82. The molecule has 1 aliphatic rings. The lowest BCUT2D eigenvalue weighted by Crippen LogP contribution is -2.31. The molecule has 0 fully saturated rings. The van der Waals surface area contributed by atoms with Crippen molar-refractivity contribution in [3.05, 3.63) is 77.1 Å². The Labute approximate surface area is 166 Å². The van der Waals surface area contributed by atoms with Crippen LogP contribution >= 0.6 is 0 Å². The molecular formula is C23H28N4O. The smallest absolute Gasteiger partial charge is 0.118 e. The first kappa shape index (κ1) is 18.7. The molecule has 4 rings (SSSR count). The third-order valence-corrected chi connectivity index (χ3v) is 5.33. The van der Waals surface area contributed by atoms with Crippen LogP contribution in [-0.2, 0) is 26.1 Å². The fraction of sp³-hybridized carbons (Fsp3) is 0.348. The highest BCUT2D eigenvalue weighted by Crippen LogP contribution is 2.26. The topological polar surface area (TPSA) is 42.3 Å². The molecule has 2 heterocycles. The van der Waals surface area contributed by atoms with Gasteiger partial charge in [0, 0.05) is 38.2 Å². The zero-order chi connectivity index (χ0) is 19.3. The number of methoxy groups -OCH3 is 1. The highest BCUT2D eigenvalue weighted by molar-refractivity contribution is 5.39. The molecule has 2 aromatic carbocycles. The summed E-state index contributed by atoms with van der Waals surface area (Å²) in [5.74, 6) is 0.904. The van der Waals surface area contributed by atoms with Crippen LogP contribution in [-0.4, -0.2) is 34.9 Å². The van der Waals surface area contributed by atoms with Gasteiger partial charge in [-0.05, 0) is 36.4 Å². The van der Waals surface area contributed by atoms with Gasteiger partial charge in [0.05, 0.1) is 24.2 Å². The number of benzene rings is 2. The number of para-hydroxylation sites is 1. The molecule has 0 atom stereocenters. The van der Waals surface area contributed by atoms with E-state index in [0.717, 1.165) is 50.6 Å². The molecule has 0 saturated carbocycles. The number of nitrogens with one attached hydrogen (secondary N) is 1. The third kappa shape index (κ3) is 3.96. The molecule has 0 radical (unpaired) electrons. The molecule has 1 aliphatic heterocycles. The molecule has 0 bridgehead atoms. The maximum Gasteiger partial charge on any atom is 0.118 e. The number of aromatic nitrogens is 2. The van der Waals surface area contributed by atoms with E-state index in [0.29, 0.717) is 0 Å². The highest BCUT2D eigenvalue weighted by Gasteiger charge is 2.25. The predicted octanol–water partition coefficient (Wildman–Crippen LogP) is 3.55. The number of nitrogens with zero attached hydrogens (tertiary/aromatic N) is 3. The molecule has 0 saturated heterocycles. The van der Waals surface area contributed by atoms with Gasteiger partial charge in [0.25, 0.3) is 0 Å². The van der Waals surface area contributed by atoms with Gasteiger partial charge in [0.2, 0.25) is 0 Å². The summed E-state index contributed by atoms with van der Waals surface area (Å²) in [6, 6.07) is 18.8. The largest absolute Gasteiger partial charge is 0.497 e. The molecule has 0 spiro atoms. The van der Waals surface area contributed by atoms with Crippen molar-refractivity contribution in [2.45, 2.75) is 33.0 Å². The zero-order valence-electron chi connectivity index (χ0n) is 16.7. The Kier molecular flexibility index (Phi) is 5.74. The Morgan fingerprint density at radius 1 is 1.07 bits per heavy atom. The summed E-state index contributed by atoms with van der Waals surface area (Å²) >= 11 is 0. The normalized spacial score (nSPS) is 14.1. The SMILES string of the molecule is CCNCc1nn(-c2ccccc2)c2c1CN(Cc1ccc(OC)cc1)CC2. The average molecular weight is 377 g/mol. The summed E-state index contributed by atoms with van der Waals surface area (Å²) in [6.07, 6.45) is 1.01. The second kappa shape index (κ2) is 8.59. The fourth-order valence-electron chi connectivity index (χ4n) is 3.83. The molecule has 3 aromatic rings. The monoisotopic (exact) mass is 376 g/mol. The van der Waals surface area contributed by atoms with Crippen molar-refractivity contribution in [3.63, 3.8) is 0 Å². The standard InChI is InChI=1S/C23H28N4O/c1-3-24-15-22-21-17-26(16-18-9-11-20(28-2)12-10-18)14-13-23(21)27(25-22)19-7-5-4-6-8-19/h4-12,24H,3,13-17H2,1-2H3. The first-order valence-electron chi connectivity index (χ1n) is 9.99. The van der Waals surface area contributed by atoms with Crippen molar-refractivity contribution in [1.29, 1.82) is 0 Å². The molecule has 1 aromatic heterocycles. The van der Waals surface area contributed by atoms with Crippen LogP contribution in [0.2, 0.25) is 0 Å². The summed E-state index contributed by atoms with van der Waals surface area (Å²) in [5.41, 5.74) is 6.35. The molecule has 146 valence electrons. The van der Waals surface area contributed by atoms with E-state index in [-0.39, 0.29) is 0 Å². The van der Waals surface area contributed by atoms with Gasteiger partial charge in [-0.3, -0.25) is 4.90 Å². The minimum absolute atomic E-state index is 0.815. The van der Waals surface area contributed by atoms with Crippen LogP contribution in [0, 0.1) is 0 Å². The van der Waals surface area contributed by atoms with E-state index < -0.39 is 0 Å².